The molecule has 1 heterocycles. The predicted molar refractivity (Wildman–Crippen MR) is 88.1 cm³/mol. The van der Waals surface area contributed by atoms with Gasteiger partial charge in [-0.25, -0.2) is 9.37 Å². The first-order chi connectivity index (χ1) is 10.5. The van der Waals surface area contributed by atoms with E-state index in [1.165, 1.54) is 29.5 Å². The van der Waals surface area contributed by atoms with Crippen molar-refractivity contribution < 1.29 is 9.18 Å². The number of hydrogen-bond acceptors (Lipinski definition) is 3. The van der Waals surface area contributed by atoms with Crippen LogP contribution in [0.2, 0.25) is 0 Å². The zero-order valence-electron chi connectivity index (χ0n) is 12.3. The molecule has 0 fully saturated rings. The number of rotatable bonds is 3. The molecular weight excluding hydrogens is 299 g/mol. The van der Waals surface area contributed by atoms with Crippen LogP contribution in [-0.2, 0) is 0 Å². The highest BCUT2D eigenvalue weighted by atomic mass is 32.1. The van der Waals surface area contributed by atoms with Crippen molar-refractivity contribution in [3.8, 4) is 0 Å². The Bertz CT molecular complexity index is 842. The zero-order chi connectivity index (χ0) is 15.7. The van der Waals surface area contributed by atoms with Crippen molar-refractivity contribution in [2.45, 2.75) is 19.8 Å². The predicted octanol–water partition coefficient (Wildman–Crippen LogP) is 4.81. The molecule has 3 aromatic rings. The molecule has 22 heavy (non-hydrogen) atoms. The van der Waals surface area contributed by atoms with Gasteiger partial charge in [-0.2, -0.15) is 0 Å². The first-order valence-electron chi connectivity index (χ1n) is 7.01. The van der Waals surface area contributed by atoms with E-state index in [1.807, 2.05) is 18.2 Å². The minimum absolute atomic E-state index is 0.281. The van der Waals surface area contributed by atoms with Crippen LogP contribution in [0.5, 0.6) is 0 Å². The molecule has 0 aliphatic rings. The molecule has 3 rings (SSSR count). The number of amides is 1. The van der Waals surface area contributed by atoms with Crippen LogP contribution in [0, 0.1) is 5.82 Å². The maximum absolute atomic E-state index is 13.2. The fourth-order valence-corrected chi connectivity index (χ4v) is 3.18. The molecule has 0 radical (unpaired) electrons. The second-order valence-electron chi connectivity index (χ2n) is 5.33. The third kappa shape index (κ3) is 2.85. The zero-order valence-corrected chi connectivity index (χ0v) is 13.1. The summed E-state index contributed by atoms with van der Waals surface area (Å²) >= 11 is 1.42. The molecule has 2 aromatic carbocycles. The number of halogens is 1. The van der Waals surface area contributed by atoms with Crippen molar-refractivity contribution >= 4 is 32.6 Å². The molecule has 5 heteroatoms. The number of para-hydroxylation sites is 1. The maximum atomic E-state index is 13.2. The van der Waals surface area contributed by atoms with Crippen LogP contribution in [0.1, 0.15) is 35.7 Å². The lowest BCUT2D eigenvalue weighted by atomic mass is 10.0. The van der Waals surface area contributed by atoms with Crippen LogP contribution >= 0.6 is 11.3 Å². The minimum Gasteiger partial charge on any atom is -0.298 e. The Morgan fingerprint density at radius 1 is 1.23 bits per heavy atom. The van der Waals surface area contributed by atoms with Gasteiger partial charge in [0.1, 0.15) is 5.82 Å². The van der Waals surface area contributed by atoms with Gasteiger partial charge in [0, 0.05) is 5.56 Å². The molecule has 1 N–H and O–H groups in total. The van der Waals surface area contributed by atoms with Gasteiger partial charge in [-0.3, -0.25) is 10.1 Å². The summed E-state index contributed by atoms with van der Waals surface area (Å²) in [7, 11) is 0. The number of aromatic nitrogens is 1. The Labute approximate surface area is 131 Å². The van der Waals surface area contributed by atoms with E-state index >= 15 is 0 Å². The highest BCUT2D eigenvalue weighted by molar-refractivity contribution is 7.22. The molecule has 0 aliphatic carbocycles. The lowest BCUT2D eigenvalue weighted by molar-refractivity contribution is 0.102. The lowest BCUT2D eigenvalue weighted by Gasteiger charge is -2.04. The second-order valence-corrected chi connectivity index (χ2v) is 6.36. The molecule has 112 valence electrons. The van der Waals surface area contributed by atoms with Gasteiger partial charge in [0.05, 0.1) is 10.2 Å². The topological polar surface area (TPSA) is 42.0 Å². The number of thiazole rings is 1. The van der Waals surface area contributed by atoms with E-state index in [2.05, 4.69) is 24.1 Å². The lowest BCUT2D eigenvalue weighted by Crippen LogP contribution is -2.11. The van der Waals surface area contributed by atoms with Gasteiger partial charge in [-0.15, -0.1) is 0 Å². The van der Waals surface area contributed by atoms with Crippen molar-refractivity contribution in [2.75, 3.05) is 5.32 Å². The number of benzene rings is 2. The van der Waals surface area contributed by atoms with Gasteiger partial charge in [-0.05, 0) is 35.7 Å². The molecule has 1 aromatic heterocycles. The van der Waals surface area contributed by atoms with E-state index in [4.69, 9.17) is 0 Å². The van der Waals surface area contributed by atoms with Crippen LogP contribution in [0.3, 0.4) is 0 Å². The van der Waals surface area contributed by atoms with Crippen molar-refractivity contribution in [2.24, 2.45) is 0 Å². The van der Waals surface area contributed by atoms with Gasteiger partial charge < -0.3 is 0 Å². The molecule has 0 saturated heterocycles. The molecule has 0 saturated carbocycles. The largest absolute Gasteiger partial charge is 0.298 e. The second kappa shape index (κ2) is 5.85. The number of anilines is 1. The fourth-order valence-electron chi connectivity index (χ4n) is 2.29. The van der Waals surface area contributed by atoms with E-state index in [0.717, 1.165) is 15.8 Å². The van der Waals surface area contributed by atoms with Crippen LogP contribution in [0.15, 0.2) is 42.5 Å². The molecule has 0 atom stereocenters. The van der Waals surface area contributed by atoms with Gasteiger partial charge in [0.25, 0.3) is 5.91 Å². The summed E-state index contributed by atoms with van der Waals surface area (Å²) in [6.45, 7) is 4.22. The molecule has 0 unspecified atom stereocenters. The number of hydrogen-bond donors (Lipinski definition) is 1. The summed E-state index contributed by atoms with van der Waals surface area (Å²) in [5.41, 5.74) is 2.35. The monoisotopic (exact) mass is 314 g/mol. The first-order valence-corrected chi connectivity index (χ1v) is 7.82. The van der Waals surface area contributed by atoms with Crippen LogP contribution < -0.4 is 5.32 Å². The molecule has 0 aliphatic heterocycles. The van der Waals surface area contributed by atoms with Crippen LogP contribution in [0.4, 0.5) is 9.52 Å². The van der Waals surface area contributed by atoms with Crippen molar-refractivity contribution in [3.05, 3.63) is 59.4 Å². The van der Waals surface area contributed by atoms with Crippen LogP contribution in [-0.4, -0.2) is 10.9 Å². The van der Waals surface area contributed by atoms with E-state index in [9.17, 15) is 9.18 Å². The normalized spacial score (nSPS) is 11.1. The van der Waals surface area contributed by atoms with Crippen molar-refractivity contribution in [1.82, 2.24) is 4.98 Å². The summed E-state index contributed by atoms with van der Waals surface area (Å²) in [6, 6.07) is 11.6. The van der Waals surface area contributed by atoms with Gasteiger partial charge in [-0.1, -0.05) is 43.4 Å². The molecule has 0 bridgehead atoms. The fraction of sp³-hybridized carbons (Fsp3) is 0.176. The van der Waals surface area contributed by atoms with E-state index < -0.39 is 5.82 Å². The van der Waals surface area contributed by atoms with Crippen molar-refractivity contribution in [3.63, 3.8) is 0 Å². The number of nitrogens with zero attached hydrogens (tertiary/aromatic N) is 1. The quantitative estimate of drug-likeness (QED) is 0.753. The summed E-state index contributed by atoms with van der Waals surface area (Å²) in [5.74, 6) is -0.429. The van der Waals surface area contributed by atoms with E-state index in [-0.39, 0.29) is 11.5 Å². The molecule has 3 nitrogen and oxygen atoms in total. The molecular formula is C17H15FN2OS. The Kier molecular flexibility index (Phi) is 3.90. The Balaban J connectivity index is 1.91. The number of carbonyl (C=O) groups excluding carboxylic acids is 1. The van der Waals surface area contributed by atoms with E-state index in [0.29, 0.717) is 11.0 Å². The van der Waals surface area contributed by atoms with Crippen molar-refractivity contribution in [1.29, 1.82) is 0 Å². The summed E-state index contributed by atoms with van der Waals surface area (Å²) in [5, 5.41) is 3.27. The van der Waals surface area contributed by atoms with Gasteiger partial charge in [0.15, 0.2) is 5.13 Å². The standard InChI is InChI=1S/C17H15FN2OS/c1-10(2)13-7-4-8-14-15(13)19-17(22-14)20-16(21)11-5-3-6-12(18)9-11/h3-10H,1-2H3,(H,19,20,21). The number of nitrogens with one attached hydrogen (secondary N) is 1. The highest BCUT2D eigenvalue weighted by Crippen LogP contribution is 2.31. The van der Waals surface area contributed by atoms with Gasteiger partial charge >= 0.3 is 0 Å². The number of carbonyl (C=O) groups is 1. The summed E-state index contributed by atoms with van der Waals surface area (Å²) in [4.78, 5) is 16.7. The first kappa shape index (κ1) is 14.7. The van der Waals surface area contributed by atoms with E-state index in [1.54, 1.807) is 6.07 Å². The van der Waals surface area contributed by atoms with Gasteiger partial charge in [0.2, 0.25) is 0 Å². The average molecular weight is 314 g/mol. The molecule has 0 spiro atoms. The Morgan fingerprint density at radius 2 is 2.00 bits per heavy atom. The third-order valence-corrected chi connectivity index (χ3v) is 4.32. The van der Waals surface area contributed by atoms with Crippen LogP contribution in [0.25, 0.3) is 10.2 Å². The minimum atomic E-state index is -0.431. The maximum Gasteiger partial charge on any atom is 0.257 e. The Morgan fingerprint density at radius 3 is 2.73 bits per heavy atom. The molecule has 1 amide bonds. The number of fused-ring (bicyclic) bond motifs is 1. The highest BCUT2D eigenvalue weighted by Gasteiger charge is 2.13. The smallest absolute Gasteiger partial charge is 0.257 e. The average Bonchev–Trinajstić information content (AvgIpc) is 2.89. The SMILES string of the molecule is CC(C)c1cccc2sc(NC(=O)c3cccc(F)c3)nc12. The third-order valence-electron chi connectivity index (χ3n) is 3.38. The Hall–Kier alpha value is -2.27. The summed E-state index contributed by atoms with van der Waals surface area (Å²) in [6.07, 6.45) is 0. The summed E-state index contributed by atoms with van der Waals surface area (Å²) < 4.78 is 14.2.